The van der Waals surface area contributed by atoms with Crippen LogP contribution in [0.1, 0.15) is 5.56 Å². The van der Waals surface area contributed by atoms with E-state index >= 15 is 0 Å². The molecule has 1 amide bonds. The van der Waals surface area contributed by atoms with Crippen molar-refractivity contribution in [3.8, 4) is 0 Å². The molecule has 1 N–H and O–H groups in total. The number of rotatable bonds is 6. The molecular formula is C12H14F3NO4S. The highest BCUT2D eigenvalue weighted by Gasteiger charge is 2.39. The number of carbonyl (C=O) groups excluding carboxylic acids is 1. The lowest BCUT2D eigenvalue weighted by molar-refractivity contribution is -0.174. The first-order valence-electron chi connectivity index (χ1n) is 5.84. The molecule has 9 heteroatoms. The van der Waals surface area contributed by atoms with Gasteiger partial charge in [0.15, 0.2) is 0 Å². The topological polar surface area (TPSA) is 72.5 Å². The van der Waals surface area contributed by atoms with Crippen molar-refractivity contribution < 1.29 is 30.6 Å². The Kier molecular flexibility index (Phi) is 5.73. The van der Waals surface area contributed by atoms with Gasteiger partial charge in [-0.2, -0.15) is 21.6 Å². The molecule has 0 aliphatic carbocycles. The van der Waals surface area contributed by atoms with Crippen molar-refractivity contribution in [3.05, 3.63) is 35.9 Å². The number of hydrogen-bond acceptors (Lipinski definition) is 4. The Morgan fingerprint density at radius 3 is 2.33 bits per heavy atom. The summed E-state index contributed by atoms with van der Waals surface area (Å²) in [5, 5.41) is 1.72. The fraction of sp³-hybridized carbons (Fsp3) is 0.417. The number of carbonyl (C=O) groups is 1. The Labute approximate surface area is 120 Å². The zero-order valence-corrected chi connectivity index (χ0v) is 11.9. The lowest BCUT2D eigenvalue weighted by Gasteiger charge is -2.19. The van der Waals surface area contributed by atoms with E-state index < -0.39 is 34.9 Å². The summed E-state index contributed by atoms with van der Waals surface area (Å²) in [7, 11) is -3.82. The molecule has 0 aromatic heterocycles. The minimum Gasteiger partial charge on any atom is -0.343 e. The number of nitrogens with one attached hydrogen (secondary N) is 1. The van der Waals surface area contributed by atoms with Crippen molar-refractivity contribution in [3.63, 3.8) is 0 Å². The largest absolute Gasteiger partial charge is 0.471 e. The maximum Gasteiger partial charge on any atom is 0.471 e. The maximum atomic E-state index is 12.3. The second kappa shape index (κ2) is 6.90. The number of amides is 1. The highest BCUT2D eigenvalue weighted by atomic mass is 32.2. The van der Waals surface area contributed by atoms with Crippen LogP contribution in [0.25, 0.3) is 0 Å². The molecule has 1 aromatic rings. The zero-order valence-electron chi connectivity index (χ0n) is 11.1. The number of benzene rings is 1. The van der Waals surface area contributed by atoms with Crippen LogP contribution >= 0.6 is 0 Å². The van der Waals surface area contributed by atoms with E-state index in [1.165, 1.54) is 0 Å². The smallest absolute Gasteiger partial charge is 0.343 e. The first kappa shape index (κ1) is 17.4. The summed E-state index contributed by atoms with van der Waals surface area (Å²) in [6.45, 7) is -0.574. The summed E-state index contributed by atoms with van der Waals surface area (Å²) in [6.07, 6.45) is -4.25. The molecule has 1 aromatic carbocycles. The van der Waals surface area contributed by atoms with E-state index in [9.17, 15) is 26.4 Å². The van der Waals surface area contributed by atoms with Gasteiger partial charge in [0.05, 0.1) is 18.9 Å². The Bertz CT molecular complexity index is 572. The molecule has 0 spiro atoms. The van der Waals surface area contributed by atoms with Gasteiger partial charge in [-0.05, 0) is 12.0 Å². The van der Waals surface area contributed by atoms with Gasteiger partial charge < -0.3 is 5.32 Å². The molecule has 1 rings (SSSR count). The van der Waals surface area contributed by atoms with Crippen LogP contribution in [0.3, 0.4) is 0 Å². The Morgan fingerprint density at radius 1 is 1.29 bits per heavy atom. The van der Waals surface area contributed by atoms with E-state index in [1.807, 2.05) is 0 Å². The van der Waals surface area contributed by atoms with Gasteiger partial charge in [-0.1, -0.05) is 30.3 Å². The van der Waals surface area contributed by atoms with E-state index in [-0.39, 0.29) is 6.42 Å². The van der Waals surface area contributed by atoms with Crippen LogP contribution in [-0.4, -0.2) is 39.4 Å². The van der Waals surface area contributed by atoms with Crippen molar-refractivity contribution in [1.82, 2.24) is 5.32 Å². The molecule has 118 valence electrons. The highest BCUT2D eigenvalue weighted by Crippen LogP contribution is 2.15. The Balaban J connectivity index is 2.77. The zero-order chi connectivity index (χ0) is 16.1. The molecular weight excluding hydrogens is 311 g/mol. The third kappa shape index (κ3) is 7.09. The number of alkyl halides is 3. The number of hydrogen-bond donors (Lipinski definition) is 1. The average molecular weight is 325 g/mol. The van der Waals surface area contributed by atoms with E-state index in [4.69, 9.17) is 0 Å². The van der Waals surface area contributed by atoms with Crippen molar-refractivity contribution in [2.24, 2.45) is 0 Å². The van der Waals surface area contributed by atoms with Crippen LogP contribution in [0, 0.1) is 0 Å². The molecule has 21 heavy (non-hydrogen) atoms. The van der Waals surface area contributed by atoms with Crippen LogP contribution < -0.4 is 5.32 Å². The van der Waals surface area contributed by atoms with Gasteiger partial charge in [0.2, 0.25) is 0 Å². The quantitative estimate of drug-likeness (QED) is 0.799. The average Bonchev–Trinajstić information content (AvgIpc) is 2.35. The molecule has 1 atom stereocenters. The van der Waals surface area contributed by atoms with Gasteiger partial charge in [-0.15, -0.1) is 0 Å². The second-order valence-corrected chi connectivity index (χ2v) is 5.99. The van der Waals surface area contributed by atoms with Gasteiger partial charge in [-0.3, -0.25) is 8.98 Å². The molecule has 0 aliphatic heterocycles. The molecule has 0 bridgehead atoms. The van der Waals surface area contributed by atoms with Crippen LogP contribution in [-0.2, 0) is 25.5 Å². The second-order valence-electron chi connectivity index (χ2n) is 4.35. The molecule has 0 saturated heterocycles. The van der Waals surface area contributed by atoms with Crippen molar-refractivity contribution in [1.29, 1.82) is 0 Å². The molecule has 0 radical (unpaired) electrons. The summed E-state index contributed by atoms with van der Waals surface area (Å²) in [5.41, 5.74) is 0.641. The summed E-state index contributed by atoms with van der Waals surface area (Å²) < 4.78 is 63.0. The molecule has 0 aliphatic rings. The van der Waals surface area contributed by atoms with E-state index in [2.05, 4.69) is 4.18 Å². The first-order valence-corrected chi connectivity index (χ1v) is 7.65. The van der Waals surface area contributed by atoms with Gasteiger partial charge in [0.25, 0.3) is 10.1 Å². The maximum absolute atomic E-state index is 12.3. The van der Waals surface area contributed by atoms with Crippen LogP contribution in [0.2, 0.25) is 0 Å². The lowest BCUT2D eigenvalue weighted by Crippen LogP contribution is -2.46. The molecule has 0 heterocycles. The molecule has 5 nitrogen and oxygen atoms in total. The minimum atomic E-state index is -5.04. The SMILES string of the molecule is CS(=O)(=O)OC[C@H](Cc1ccccc1)NC(=O)C(F)(F)F. The Hall–Kier alpha value is -1.61. The normalized spacial score (nSPS) is 13.7. The molecule has 0 fully saturated rings. The van der Waals surface area contributed by atoms with E-state index in [0.29, 0.717) is 5.56 Å². The monoisotopic (exact) mass is 325 g/mol. The highest BCUT2D eigenvalue weighted by molar-refractivity contribution is 7.85. The van der Waals surface area contributed by atoms with Gasteiger partial charge in [0, 0.05) is 0 Å². The fourth-order valence-corrected chi connectivity index (χ4v) is 1.93. The minimum absolute atomic E-state index is 0.0121. The lowest BCUT2D eigenvalue weighted by atomic mass is 10.1. The van der Waals surface area contributed by atoms with E-state index in [1.54, 1.807) is 35.6 Å². The third-order valence-electron chi connectivity index (χ3n) is 2.40. The van der Waals surface area contributed by atoms with Gasteiger partial charge in [-0.25, -0.2) is 0 Å². The predicted octanol–water partition coefficient (Wildman–Crippen LogP) is 1.25. The fourth-order valence-electron chi connectivity index (χ4n) is 1.52. The third-order valence-corrected chi connectivity index (χ3v) is 2.97. The van der Waals surface area contributed by atoms with E-state index in [0.717, 1.165) is 6.26 Å². The summed E-state index contributed by atoms with van der Waals surface area (Å²) in [6, 6.07) is 7.25. The van der Waals surface area contributed by atoms with Crippen LogP contribution in [0.15, 0.2) is 30.3 Å². The van der Waals surface area contributed by atoms with Crippen LogP contribution in [0.5, 0.6) is 0 Å². The van der Waals surface area contributed by atoms with Crippen molar-refractivity contribution in [2.45, 2.75) is 18.6 Å². The summed E-state index contributed by atoms with van der Waals surface area (Å²) >= 11 is 0. The van der Waals surface area contributed by atoms with Crippen LogP contribution in [0.4, 0.5) is 13.2 Å². The summed E-state index contributed by atoms with van der Waals surface area (Å²) in [5.74, 6) is -2.14. The predicted molar refractivity (Wildman–Crippen MR) is 68.9 cm³/mol. The Morgan fingerprint density at radius 2 is 1.86 bits per heavy atom. The van der Waals surface area contributed by atoms with Crippen molar-refractivity contribution in [2.75, 3.05) is 12.9 Å². The summed E-state index contributed by atoms with van der Waals surface area (Å²) in [4.78, 5) is 10.9. The van der Waals surface area contributed by atoms with Gasteiger partial charge >= 0.3 is 12.1 Å². The van der Waals surface area contributed by atoms with Gasteiger partial charge in [0.1, 0.15) is 0 Å². The molecule has 0 unspecified atom stereocenters. The standard InChI is InChI=1S/C12H14F3NO4S/c1-21(18,19)20-8-10(16-11(17)12(13,14)15)7-9-5-3-2-4-6-9/h2-6,10H,7-8H2,1H3,(H,16,17)/t10-/m0/s1. The molecule has 0 saturated carbocycles. The van der Waals surface area contributed by atoms with Crippen molar-refractivity contribution >= 4 is 16.0 Å². The first-order chi connectivity index (χ1) is 9.58. The number of halogens is 3.